The van der Waals surface area contributed by atoms with E-state index in [1.807, 2.05) is 47.1 Å². The van der Waals surface area contributed by atoms with E-state index in [0.717, 1.165) is 5.69 Å². The van der Waals surface area contributed by atoms with Crippen LogP contribution in [0.4, 0.5) is 0 Å². The number of hydrogen-bond acceptors (Lipinski definition) is 3. The Hall–Kier alpha value is -2.43. The van der Waals surface area contributed by atoms with Crippen molar-refractivity contribution in [2.75, 3.05) is 0 Å². The van der Waals surface area contributed by atoms with Gasteiger partial charge >= 0.3 is 5.97 Å². The van der Waals surface area contributed by atoms with Crippen molar-refractivity contribution < 1.29 is 9.90 Å². The molecule has 0 aliphatic heterocycles. The first-order valence-corrected chi connectivity index (χ1v) is 6.60. The standard InChI is InChI=1S/C15H15N3O2/c19-15(20)13-9-5-4-8-12(13)14-17-16-10-18(14)11-6-2-1-3-7-11/h1-7,10,12-13H,8-9H2,(H,19,20)/t12-,13+/m1/s1. The van der Waals surface area contributed by atoms with Gasteiger partial charge in [-0.05, 0) is 25.0 Å². The number of para-hydroxylation sites is 1. The summed E-state index contributed by atoms with van der Waals surface area (Å²) in [6.45, 7) is 0. The molecule has 0 amide bonds. The molecule has 1 N–H and O–H groups in total. The largest absolute Gasteiger partial charge is 0.481 e. The molecule has 0 unspecified atom stereocenters. The highest BCUT2D eigenvalue weighted by atomic mass is 16.4. The Morgan fingerprint density at radius 3 is 2.70 bits per heavy atom. The van der Waals surface area contributed by atoms with Crippen molar-refractivity contribution in [3.05, 3.63) is 54.6 Å². The van der Waals surface area contributed by atoms with Gasteiger partial charge in [0.05, 0.1) is 5.92 Å². The predicted octanol–water partition coefficient (Wildman–Crippen LogP) is 2.40. The second-order valence-corrected chi connectivity index (χ2v) is 4.89. The smallest absolute Gasteiger partial charge is 0.307 e. The molecule has 1 aromatic carbocycles. The Bertz CT molecular complexity index is 634. The summed E-state index contributed by atoms with van der Waals surface area (Å²) in [7, 11) is 0. The molecule has 0 saturated carbocycles. The zero-order valence-corrected chi connectivity index (χ0v) is 10.9. The molecule has 2 atom stereocenters. The Balaban J connectivity index is 2.01. The number of allylic oxidation sites excluding steroid dienone is 2. The van der Waals surface area contributed by atoms with Gasteiger partial charge in [-0.2, -0.15) is 0 Å². The monoisotopic (exact) mass is 269 g/mol. The van der Waals surface area contributed by atoms with Gasteiger partial charge in [0, 0.05) is 11.6 Å². The van der Waals surface area contributed by atoms with Crippen LogP contribution in [0.2, 0.25) is 0 Å². The van der Waals surface area contributed by atoms with Gasteiger partial charge in [0.15, 0.2) is 0 Å². The summed E-state index contributed by atoms with van der Waals surface area (Å²) < 4.78 is 1.87. The molecule has 5 nitrogen and oxygen atoms in total. The highest BCUT2D eigenvalue weighted by molar-refractivity contribution is 5.71. The summed E-state index contributed by atoms with van der Waals surface area (Å²) in [4.78, 5) is 11.4. The third-order valence-corrected chi connectivity index (χ3v) is 3.69. The van der Waals surface area contributed by atoms with E-state index < -0.39 is 11.9 Å². The molecule has 0 saturated heterocycles. The van der Waals surface area contributed by atoms with Crippen LogP contribution in [0.1, 0.15) is 24.6 Å². The molecule has 102 valence electrons. The molecule has 1 aliphatic carbocycles. The average Bonchev–Trinajstić information content (AvgIpc) is 2.97. The molecule has 5 heteroatoms. The fraction of sp³-hybridized carbons (Fsp3) is 0.267. The zero-order chi connectivity index (χ0) is 13.9. The molecule has 0 spiro atoms. The van der Waals surface area contributed by atoms with Crippen molar-refractivity contribution in [1.82, 2.24) is 14.8 Å². The van der Waals surface area contributed by atoms with Crippen LogP contribution >= 0.6 is 0 Å². The average molecular weight is 269 g/mol. The molecule has 20 heavy (non-hydrogen) atoms. The SMILES string of the molecule is O=C(O)[C@H]1CC=CC[C@H]1c1nncn1-c1ccccc1. The molecule has 0 bridgehead atoms. The van der Waals surface area contributed by atoms with E-state index >= 15 is 0 Å². The summed E-state index contributed by atoms with van der Waals surface area (Å²) >= 11 is 0. The highest BCUT2D eigenvalue weighted by Crippen LogP contribution is 2.34. The summed E-state index contributed by atoms with van der Waals surface area (Å²) in [6, 6.07) is 9.74. The van der Waals surface area contributed by atoms with Crippen LogP contribution < -0.4 is 0 Å². The van der Waals surface area contributed by atoms with Crippen LogP contribution in [0.3, 0.4) is 0 Å². The number of rotatable bonds is 3. The Labute approximate surface area is 116 Å². The number of nitrogens with zero attached hydrogens (tertiary/aromatic N) is 3. The van der Waals surface area contributed by atoms with Crippen molar-refractivity contribution >= 4 is 5.97 Å². The predicted molar refractivity (Wildman–Crippen MR) is 73.6 cm³/mol. The molecule has 1 aliphatic rings. The first kappa shape index (κ1) is 12.6. The Morgan fingerprint density at radius 1 is 1.20 bits per heavy atom. The van der Waals surface area contributed by atoms with Crippen molar-refractivity contribution in [2.24, 2.45) is 5.92 Å². The molecule has 2 aromatic rings. The summed E-state index contributed by atoms with van der Waals surface area (Å²) in [6.07, 6.45) is 6.82. The number of carbonyl (C=O) groups is 1. The maximum Gasteiger partial charge on any atom is 0.307 e. The van der Waals surface area contributed by atoms with Crippen molar-refractivity contribution in [2.45, 2.75) is 18.8 Å². The van der Waals surface area contributed by atoms with Gasteiger partial charge in [-0.1, -0.05) is 30.4 Å². The third-order valence-electron chi connectivity index (χ3n) is 3.69. The maximum absolute atomic E-state index is 11.4. The minimum Gasteiger partial charge on any atom is -0.481 e. The molecule has 3 rings (SSSR count). The number of aromatic nitrogens is 3. The lowest BCUT2D eigenvalue weighted by Crippen LogP contribution is -2.25. The highest BCUT2D eigenvalue weighted by Gasteiger charge is 2.33. The molecule has 0 fully saturated rings. The lowest BCUT2D eigenvalue weighted by Gasteiger charge is -2.24. The Morgan fingerprint density at radius 2 is 1.95 bits per heavy atom. The minimum atomic E-state index is -0.776. The third kappa shape index (κ3) is 2.22. The molecular weight excluding hydrogens is 254 g/mol. The van der Waals surface area contributed by atoms with Gasteiger partial charge in [0.25, 0.3) is 0 Å². The fourth-order valence-corrected chi connectivity index (χ4v) is 2.66. The van der Waals surface area contributed by atoms with E-state index in [-0.39, 0.29) is 5.92 Å². The van der Waals surface area contributed by atoms with Crippen molar-refractivity contribution in [3.8, 4) is 5.69 Å². The van der Waals surface area contributed by atoms with E-state index in [0.29, 0.717) is 18.7 Å². The first-order chi connectivity index (χ1) is 9.77. The van der Waals surface area contributed by atoms with Crippen LogP contribution in [-0.2, 0) is 4.79 Å². The van der Waals surface area contributed by atoms with Gasteiger partial charge in [-0.15, -0.1) is 10.2 Å². The molecule has 1 heterocycles. The van der Waals surface area contributed by atoms with Gasteiger partial charge in [0.1, 0.15) is 12.2 Å². The molecule has 0 radical (unpaired) electrons. The van der Waals surface area contributed by atoms with Gasteiger partial charge in [0.2, 0.25) is 0 Å². The summed E-state index contributed by atoms with van der Waals surface area (Å²) in [5.74, 6) is -0.637. The number of benzene rings is 1. The van der Waals surface area contributed by atoms with E-state index in [2.05, 4.69) is 10.2 Å². The topological polar surface area (TPSA) is 68.0 Å². The quantitative estimate of drug-likeness (QED) is 0.869. The van der Waals surface area contributed by atoms with E-state index in [4.69, 9.17) is 0 Å². The van der Waals surface area contributed by atoms with Crippen molar-refractivity contribution in [1.29, 1.82) is 0 Å². The van der Waals surface area contributed by atoms with E-state index in [1.165, 1.54) is 0 Å². The first-order valence-electron chi connectivity index (χ1n) is 6.60. The van der Waals surface area contributed by atoms with Gasteiger partial charge in [-0.3, -0.25) is 9.36 Å². The zero-order valence-electron chi connectivity index (χ0n) is 10.9. The Kier molecular flexibility index (Phi) is 3.33. The number of carboxylic acid groups (broad SMARTS) is 1. The minimum absolute atomic E-state index is 0.139. The molecule has 1 aromatic heterocycles. The second kappa shape index (κ2) is 5.28. The number of aliphatic carboxylic acids is 1. The van der Waals surface area contributed by atoms with Crippen LogP contribution in [0, 0.1) is 5.92 Å². The summed E-state index contributed by atoms with van der Waals surface area (Å²) in [5, 5.41) is 17.5. The van der Waals surface area contributed by atoms with Crippen molar-refractivity contribution in [3.63, 3.8) is 0 Å². The summed E-state index contributed by atoms with van der Waals surface area (Å²) in [5.41, 5.74) is 0.950. The fourth-order valence-electron chi connectivity index (χ4n) is 2.66. The van der Waals surface area contributed by atoms with Gasteiger partial charge < -0.3 is 5.11 Å². The van der Waals surface area contributed by atoms with Crippen LogP contribution in [0.25, 0.3) is 5.69 Å². The number of hydrogen-bond donors (Lipinski definition) is 1. The van der Waals surface area contributed by atoms with E-state index in [9.17, 15) is 9.90 Å². The second-order valence-electron chi connectivity index (χ2n) is 4.89. The van der Waals surface area contributed by atoms with Crippen LogP contribution in [0.5, 0.6) is 0 Å². The maximum atomic E-state index is 11.4. The van der Waals surface area contributed by atoms with Gasteiger partial charge in [-0.25, -0.2) is 0 Å². The van der Waals surface area contributed by atoms with Crippen LogP contribution in [0.15, 0.2) is 48.8 Å². The lowest BCUT2D eigenvalue weighted by molar-refractivity contribution is -0.142. The normalized spacial score (nSPS) is 21.8. The molecular formula is C15H15N3O2. The lowest BCUT2D eigenvalue weighted by atomic mass is 9.82. The van der Waals surface area contributed by atoms with E-state index in [1.54, 1.807) is 6.33 Å². The number of carboxylic acids is 1. The van der Waals surface area contributed by atoms with Crippen LogP contribution in [-0.4, -0.2) is 25.8 Å².